The van der Waals surface area contributed by atoms with Crippen molar-refractivity contribution in [2.24, 2.45) is 4.99 Å². The monoisotopic (exact) mass is 387 g/mol. The van der Waals surface area contributed by atoms with Crippen LogP contribution in [0.4, 0.5) is 10.1 Å². The summed E-state index contributed by atoms with van der Waals surface area (Å²) in [7, 11) is 0. The summed E-state index contributed by atoms with van der Waals surface area (Å²) in [6.45, 7) is 4.81. The van der Waals surface area contributed by atoms with Crippen molar-refractivity contribution in [1.29, 1.82) is 0 Å². The average Bonchev–Trinajstić information content (AvgIpc) is 3.13. The first-order valence-electron chi connectivity index (χ1n) is 10.1. The van der Waals surface area contributed by atoms with Crippen molar-refractivity contribution in [3.63, 3.8) is 0 Å². The Morgan fingerprint density at radius 2 is 1.76 bits per heavy atom. The highest BCUT2D eigenvalue weighted by atomic mass is 19.1. The van der Waals surface area contributed by atoms with Gasteiger partial charge in [0.2, 0.25) is 0 Å². The summed E-state index contributed by atoms with van der Waals surface area (Å²) in [5, 5.41) is 3.36. The molecule has 3 aromatic carbocycles. The molecule has 5 rings (SSSR count). The third-order valence-corrected chi connectivity index (χ3v) is 5.85. The standard InChI is InChI=1S/C24H22FN3O/c25-21-15-17(14-19-16-23(29)26-24(19)21)8-9-27-10-12-28(13-11-27)22-7-3-5-18-4-1-2-6-20(18)22/h1-7,14-16H,8-13H2. The second kappa shape index (κ2) is 7.41. The number of hydrogen-bond donors (Lipinski definition) is 0. The molecular weight excluding hydrogens is 365 g/mol. The van der Waals surface area contributed by atoms with E-state index in [9.17, 15) is 9.18 Å². The highest BCUT2D eigenvalue weighted by Gasteiger charge is 2.19. The predicted molar refractivity (Wildman–Crippen MR) is 113 cm³/mol. The first-order chi connectivity index (χ1) is 14.2. The molecule has 4 nitrogen and oxygen atoms in total. The molecule has 1 amide bonds. The summed E-state index contributed by atoms with van der Waals surface area (Å²) in [5.41, 5.74) is 2.21. The van der Waals surface area contributed by atoms with E-state index < -0.39 is 5.82 Å². The molecule has 3 aromatic rings. The molecule has 0 unspecified atom stereocenters. The SMILES string of the molecule is O=C1C=c2cc(CCN3CCN(c4cccc5ccccc45)CC3)cc(F)c2=N1. The maximum atomic E-state index is 14.2. The van der Waals surface area contributed by atoms with Crippen molar-refractivity contribution >= 4 is 28.4 Å². The van der Waals surface area contributed by atoms with Crippen LogP contribution in [0.15, 0.2) is 59.6 Å². The summed E-state index contributed by atoms with van der Waals surface area (Å²) >= 11 is 0. The van der Waals surface area contributed by atoms with E-state index in [2.05, 4.69) is 57.3 Å². The minimum atomic E-state index is -0.402. The van der Waals surface area contributed by atoms with Crippen LogP contribution in [0.2, 0.25) is 0 Å². The van der Waals surface area contributed by atoms with Gasteiger partial charge in [-0.2, -0.15) is 0 Å². The van der Waals surface area contributed by atoms with E-state index in [0.29, 0.717) is 5.22 Å². The zero-order valence-corrected chi connectivity index (χ0v) is 16.1. The average molecular weight is 387 g/mol. The molecule has 0 aliphatic carbocycles. The molecular formula is C24H22FN3O. The normalized spacial score (nSPS) is 16.6. The molecule has 0 spiro atoms. The number of hydrogen-bond acceptors (Lipinski definition) is 3. The van der Waals surface area contributed by atoms with E-state index in [4.69, 9.17) is 0 Å². The number of amides is 1. The maximum absolute atomic E-state index is 14.2. The minimum absolute atomic E-state index is 0.183. The first-order valence-corrected chi connectivity index (χ1v) is 10.1. The number of carbonyl (C=O) groups excluding carboxylic acids is 1. The van der Waals surface area contributed by atoms with Gasteiger partial charge in [-0.05, 0) is 35.6 Å². The Bertz CT molecular complexity index is 1210. The molecule has 1 fully saturated rings. The van der Waals surface area contributed by atoms with Gasteiger partial charge < -0.3 is 4.90 Å². The molecule has 0 saturated carbocycles. The molecule has 146 valence electrons. The van der Waals surface area contributed by atoms with Crippen LogP contribution in [0.3, 0.4) is 0 Å². The molecule has 29 heavy (non-hydrogen) atoms. The van der Waals surface area contributed by atoms with Crippen molar-refractivity contribution in [2.75, 3.05) is 37.6 Å². The molecule has 2 aliphatic heterocycles. The Hall–Kier alpha value is -3.05. The first kappa shape index (κ1) is 18.0. The van der Waals surface area contributed by atoms with Crippen LogP contribution in [-0.2, 0) is 11.2 Å². The van der Waals surface area contributed by atoms with Crippen LogP contribution < -0.4 is 15.5 Å². The quantitative estimate of drug-likeness (QED) is 0.689. The van der Waals surface area contributed by atoms with Gasteiger partial charge in [0.25, 0.3) is 5.91 Å². The zero-order chi connectivity index (χ0) is 19.8. The van der Waals surface area contributed by atoms with Gasteiger partial charge in [0.1, 0.15) is 11.2 Å². The Morgan fingerprint density at radius 1 is 0.966 bits per heavy atom. The lowest BCUT2D eigenvalue weighted by Gasteiger charge is -2.36. The Labute approximate surface area is 168 Å². The maximum Gasteiger partial charge on any atom is 0.271 e. The van der Waals surface area contributed by atoms with Gasteiger partial charge in [-0.15, -0.1) is 0 Å². The molecule has 0 atom stereocenters. The highest BCUT2D eigenvalue weighted by molar-refractivity contribution is 6.06. The second-order valence-electron chi connectivity index (χ2n) is 7.69. The van der Waals surface area contributed by atoms with Crippen molar-refractivity contribution in [3.8, 4) is 0 Å². The number of halogens is 1. The van der Waals surface area contributed by atoms with E-state index >= 15 is 0 Å². The number of benzene rings is 3. The minimum Gasteiger partial charge on any atom is -0.368 e. The third-order valence-electron chi connectivity index (χ3n) is 5.85. The van der Waals surface area contributed by atoms with Gasteiger partial charge >= 0.3 is 0 Å². The van der Waals surface area contributed by atoms with Crippen LogP contribution in [-0.4, -0.2) is 43.5 Å². The van der Waals surface area contributed by atoms with Crippen molar-refractivity contribution < 1.29 is 9.18 Å². The fourth-order valence-corrected chi connectivity index (χ4v) is 4.31. The van der Waals surface area contributed by atoms with Crippen LogP contribution in [0, 0.1) is 5.82 Å². The topological polar surface area (TPSA) is 35.9 Å². The van der Waals surface area contributed by atoms with E-state index in [1.807, 2.05) is 6.07 Å². The van der Waals surface area contributed by atoms with Gasteiger partial charge in [0.15, 0.2) is 0 Å². The Balaban J connectivity index is 1.24. The number of piperazine rings is 1. The van der Waals surface area contributed by atoms with E-state index in [1.165, 1.54) is 28.6 Å². The zero-order valence-electron chi connectivity index (χ0n) is 16.1. The number of nitrogens with zero attached hydrogens (tertiary/aromatic N) is 3. The molecule has 0 N–H and O–H groups in total. The number of anilines is 1. The number of rotatable bonds is 4. The van der Waals surface area contributed by atoms with Crippen molar-refractivity contribution in [2.45, 2.75) is 6.42 Å². The molecule has 0 bridgehead atoms. The molecule has 2 heterocycles. The molecule has 1 saturated heterocycles. The van der Waals surface area contributed by atoms with Crippen molar-refractivity contribution in [3.05, 3.63) is 76.6 Å². The van der Waals surface area contributed by atoms with Gasteiger partial charge in [-0.25, -0.2) is 9.38 Å². The second-order valence-corrected chi connectivity index (χ2v) is 7.69. The fraction of sp³-hybridized carbons (Fsp3) is 0.250. The van der Waals surface area contributed by atoms with Crippen LogP contribution in [0.5, 0.6) is 0 Å². The number of carbonyl (C=O) groups is 1. The van der Waals surface area contributed by atoms with Crippen LogP contribution >= 0.6 is 0 Å². The van der Waals surface area contributed by atoms with E-state index in [0.717, 1.165) is 44.7 Å². The van der Waals surface area contributed by atoms with E-state index in [-0.39, 0.29) is 11.3 Å². The Kier molecular flexibility index (Phi) is 4.60. The molecule has 5 heteroatoms. The van der Waals surface area contributed by atoms with Gasteiger partial charge in [-0.3, -0.25) is 9.69 Å². The molecule has 0 aromatic heterocycles. The molecule has 2 aliphatic rings. The van der Waals surface area contributed by atoms with E-state index in [1.54, 1.807) is 0 Å². The summed E-state index contributed by atoms with van der Waals surface area (Å²) < 4.78 is 14.2. The summed E-state index contributed by atoms with van der Waals surface area (Å²) in [6, 6.07) is 18.4. The molecule has 0 radical (unpaired) electrons. The summed E-state index contributed by atoms with van der Waals surface area (Å²) in [5.74, 6) is -0.777. The van der Waals surface area contributed by atoms with Gasteiger partial charge in [0.05, 0.1) is 0 Å². The Morgan fingerprint density at radius 3 is 2.62 bits per heavy atom. The smallest absolute Gasteiger partial charge is 0.271 e. The van der Waals surface area contributed by atoms with Crippen molar-refractivity contribution in [1.82, 2.24) is 4.90 Å². The van der Waals surface area contributed by atoms with Crippen LogP contribution in [0.25, 0.3) is 16.8 Å². The number of fused-ring (bicyclic) bond motifs is 2. The summed E-state index contributed by atoms with van der Waals surface area (Å²) in [4.78, 5) is 20.0. The van der Waals surface area contributed by atoms with Crippen LogP contribution in [0.1, 0.15) is 5.56 Å². The van der Waals surface area contributed by atoms with Gasteiger partial charge in [0, 0.05) is 55.1 Å². The fourth-order valence-electron chi connectivity index (χ4n) is 4.31. The third kappa shape index (κ3) is 3.54. The lowest BCUT2D eigenvalue weighted by atomic mass is 10.1. The van der Waals surface area contributed by atoms with Gasteiger partial charge in [-0.1, -0.05) is 36.4 Å². The lowest BCUT2D eigenvalue weighted by molar-refractivity contribution is -0.112. The highest BCUT2D eigenvalue weighted by Crippen LogP contribution is 2.27. The largest absolute Gasteiger partial charge is 0.368 e. The predicted octanol–water partition coefficient (Wildman–Crippen LogP) is 2.28. The lowest BCUT2D eigenvalue weighted by Crippen LogP contribution is -2.47. The summed E-state index contributed by atoms with van der Waals surface area (Å²) in [6.07, 6.45) is 2.17.